The number of carbonyl (C=O) groups is 1. The monoisotopic (exact) mass is 424 g/mol. The third-order valence-electron chi connectivity index (χ3n) is 3.99. The zero-order valence-electron chi connectivity index (χ0n) is 16.9. The van der Waals surface area contributed by atoms with Crippen molar-refractivity contribution in [2.24, 2.45) is 0 Å². The van der Waals surface area contributed by atoms with E-state index in [1.807, 2.05) is 0 Å². The molecule has 0 unspecified atom stereocenters. The first-order valence-corrected chi connectivity index (χ1v) is 10.3. The molecule has 0 atom stereocenters. The summed E-state index contributed by atoms with van der Waals surface area (Å²) in [6, 6.07) is 8.08. The van der Waals surface area contributed by atoms with Crippen LogP contribution < -0.4 is 29.6 Å². The minimum Gasteiger partial charge on any atom is -0.497 e. The van der Waals surface area contributed by atoms with Gasteiger partial charge in [-0.25, -0.2) is 8.42 Å². The first kappa shape index (κ1) is 22.2. The fraction of sp³-hybridized carbons (Fsp3) is 0.316. The summed E-state index contributed by atoms with van der Waals surface area (Å²) in [5.74, 6) is 0.874. The summed E-state index contributed by atoms with van der Waals surface area (Å²) in [7, 11) is 2.08. The van der Waals surface area contributed by atoms with E-state index >= 15 is 0 Å². The van der Waals surface area contributed by atoms with Gasteiger partial charge in [-0.2, -0.15) is 0 Å². The Bertz CT molecular complexity index is 990. The van der Waals surface area contributed by atoms with Gasteiger partial charge in [-0.3, -0.25) is 4.79 Å². The van der Waals surface area contributed by atoms with Crippen molar-refractivity contribution in [1.82, 2.24) is 0 Å². The van der Waals surface area contributed by atoms with Gasteiger partial charge in [-0.1, -0.05) is 0 Å². The van der Waals surface area contributed by atoms with Gasteiger partial charge < -0.3 is 29.6 Å². The molecule has 0 fully saturated rings. The molecule has 9 nitrogen and oxygen atoms in total. The van der Waals surface area contributed by atoms with E-state index in [0.29, 0.717) is 22.9 Å². The van der Waals surface area contributed by atoms with Crippen LogP contribution in [-0.4, -0.2) is 55.6 Å². The quantitative estimate of drug-likeness (QED) is 0.630. The molecule has 158 valence electrons. The number of hydrogen-bond donors (Lipinski definition) is 2. The van der Waals surface area contributed by atoms with E-state index in [1.54, 1.807) is 24.3 Å². The lowest BCUT2D eigenvalue weighted by Gasteiger charge is -2.17. The van der Waals surface area contributed by atoms with E-state index in [-0.39, 0.29) is 28.8 Å². The predicted molar refractivity (Wildman–Crippen MR) is 109 cm³/mol. The maximum atomic E-state index is 12.4. The molecule has 0 aliphatic carbocycles. The minimum atomic E-state index is -3.64. The van der Waals surface area contributed by atoms with Crippen LogP contribution in [0.2, 0.25) is 0 Å². The van der Waals surface area contributed by atoms with Gasteiger partial charge in [0.2, 0.25) is 5.91 Å². The van der Waals surface area contributed by atoms with E-state index in [1.165, 1.54) is 34.5 Å². The Labute approximate surface area is 169 Å². The lowest BCUT2D eigenvalue weighted by Crippen LogP contribution is -2.22. The van der Waals surface area contributed by atoms with Crippen molar-refractivity contribution in [2.75, 3.05) is 51.9 Å². The van der Waals surface area contributed by atoms with Crippen molar-refractivity contribution in [3.63, 3.8) is 0 Å². The number of nitrogens with one attached hydrogen (secondary N) is 2. The molecule has 1 amide bonds. The molecule has 0 spiro atoms. The Morgan fingerprint density at radius 1 is 0.897 bits per heavy atom. The molecule has 2 N–H and O–H groups in total. The molecular weight excluding hydrogens is 400 g/mol. The maximum absolute atomic E-state index is 12.4. The number of rotatable bonds is 9. The van der Waals surface area contributed by atoms with E-state index in [2.05, 4.69) is 10.6 Å². The highest BCUT2D eigenvalue weighted by Gasteiger charge is 2.24. The van der Waals surface area contributed by atoms with Crippen molar-refractivity contribution in [2.45, 2.75) is 4.90 Å². The summed E-state index contributed by atoms with van der Waals surface area (Å²) < 4.78 is 45.1. The number of ether oxygens (including phenoxy) is 4. The molecule has 10 heteroatoms. The Hall–Kier alpha value is -3.14. The number of methoxy groups -OCH3 is 4. The smallest absolute Gasteiger partial charge is 0.243 e. The molecule has 0 aliphatic heterocycles. The number of benzene rings is 2. The summed E-state index contributed by atoms with van der Waals surface area (Å²) >= 11 is 0. The second kappa shape index (κ2) is 9.37. The van der Waals surface area contributed by atoms with Gasteiger partial charge in [0.15, 0.2) is 20.5 Å². The van der Waals surface area contributed by atoms with Crippen LogP contribution in [0.4, 0.5) is 11.4 Å². The third kappa shape index (κ3) is 5.23. The second-order valence-electron chi connectivity index (χ2n) is 5.92. The summed E-state index contributed by atoms with van der Waals surface area (Å²) in [6.45, 7) is -0.147. The molecular formula is C19H24N2O7S. The van der Waals surface area contributed by atoms with Crippen LogP contribution in [0.3, 0.4) is 0 Å². The van der Waals surface area contributed by atoms with E-state index < -0.39 is 9.84 Å². The van der Waals surface area contributed by atoms with Crippen LogP contribution in [0.25, 0.3) is 0 Å². The molecule has 2 rings (SSSR count). The Kier molecular flexibility index (Phi) is 7.16. The standard InChI is InChI=1S/C19H24N2O7S/c1-25-12-6-8-15(26-2)14(10-12)21-17(22)11-20-13-7-9-16(27-3)19(18(13)28-4)29(5,23)24/h6-10,20H,11H2,1-5H3,(H,21,22). The lowest BCUT2D eigenvalue weighted by atomic mass is 10.2. The molecule has 2 aromatic rings. The largest absolute Gasteiger partial charge is 0.497 e. The first-order valence-electron chi connectivity index (χ1n) is 8.46. The molecule has 2 aromatic carbocycles. The van der Waals surface area contributed by atoms with Crippen molar-refractivity contribution >= 4 is 27.1 Å². The highest BCUT2D eigenvalue weighted by atomic mass is 32.2. The fourth-order valence-electron chi connectivity index (χ4n) is 2.68. The zero-order chi connectivity index (χ0) is 21.6. The number of hydrogen-bond acceptors (Lipinski definition) is 8. The fourth-order valence-corrected chi connectivity index (χ4v) is 3.73. The van der Waals surface area contributed by atoms with Crippen LogP contribution in [0.1, 0.15) is 0 Å². The molecule has 0 aliphatic rings. The predicted octanol–water partition coefficient (Wildman–Crippen LogP) is 2.18. The molecule has 0 aromatic heterocycles. The Morgan fingerprint density at radius 3 is 2.10 bits per heavy atom. The van der Waals surface area contributed by atoms with Crippen LogP contribution in [0.15, 0.2) is 35.2 Å². The highest BCUT2D eigenvalue weighted by molar-refractivity contribution is 7.91. The van der Waals surface area contributed by atoms with E-state index in [4.69, 9.17) is 18.9 Å². The van der Waals surface area contributed by atoms with Gasteiger partial charge in [0.1, 0.15) is 17.2 Å². The third-order valence-corrected chi connectivity index (χ3v) is 5.12. The number of anilines is 2. The zero-order valence-corrected chi connectivity index (χ0v) is 17.7. The molecule has 0 radical (unpaired) electrons. The SMILES string of the molecule is COc1ccc(OC)c(NC(=O)CNc2ccc(OC)c(S(C)(=O)=O)c2OC)c1. The Morgan fingerprint density at radius 2 is 1.55 bits per heavy atom. The summed E-state index contributed by atoms with van der Waals surface area (Å²) in [6.07, 6.45) is 1.05. The van der Waals surface area contributed by atoms with Crippen molar-refractivity contribution in [3.8, 4) is 23.0 Å². The first-order chi connectivity index (χ1) is 13.7. The van der Waals surface area contributed by atoms with Crippen LogP contribution in [0, 0.1) is 0 Å². The molecule has 0 saturated carbocycles. The van der Waals surface area contributed by atoms with Gasteiger partial charge in [0.25, 0.3) is 0 Å². The second-order valence-corrected chi connectivity index (χ2v) is 7.87. The lowest BCUT2D eigenvalue weighted by molar-refractivity contribution is -0.114. The van der Waals surface area contributed by atoms with Crippen LogP contribution in [-0.2, 0) is 14.6 Å². The van der Waals surface area contributed by atoms with Crippen LogP contribution in [0.5, 0.6) is 23.0 Å². The van der Waals surface area contributed by atoms with Gasteiger partial charge >= 0.3 is 0 Å². The number of carbonyl (C=O) groups excluding carboxylic acids is 1. The van der Waals surface area contributed by atoms with Gasteiger partial charge in [0.05, 0.1) is 46.4 Å². The van der Waals surface area contributed by atoms with Crippen molar-refractivity contribution in [1.29, 1.82) is 0 Å². The van der Waals surface area contributed by atoms with Gasteiger partial charge in [-0.05, 0) is 24.3 Å². The topological polar surface area (TPSA) is 112 Å². The maximum Gasteiger partial charge on any atom is 0.243 e. The van der Waals surface area contributed by atoms with Gasteiger partial charge in [-0.15, -0.1) is 0 Å². The van der Waals surface area contributed by atoms with Gasteiger partial charge in [0, 0.05) is 12.3 Å². The number of sulfone groups is 1. The summed E-state index contributed by atoms with van der Waals surface area (Å²) in [5, 5.41) is 5.61. The van der Waals surface area contributed by atoms with Crippen LogP contribution >= 0.6 is 0 Å². The van der Waals surface area contributed by atoms with Crippen molar-refractivity contribution in [3.05, 3.63) is 30.3 Å². The average molecular weight is 424 g/mol. The van der Waals surface area contributed by atoms with E-state index in [9.17, 15) is 13.2 Å². The normalized spacial score (nSPS) is 10.8. The molecule has 0 saturated heterocycles. The minimum absolute atomic E-state index is 0.0682. The molecule has 0 bridgehead atoms. The van der Waals surface area contributed by atoms with Crippen molar-refractivity contribution < 1.29 is 32.2 Å². The average Bonchev–Trinajstić information content (AvgIpc) is 2.70. The summed E-state index contributed by atoms with van der Waals surface area (Å²) in [4.78, 5) is 12.3. The summed E-state index contributed by atoms with van der Waals surface area (Å²) in [5.41, 5.74) is 0.777. The highest BCUT2D eigenvalue weighted by Crippen LogP contribution is 2.39. The number of amides is 1. The Balaban J connectivity index is 2.23. The molecule has 29 heavy (non-hydrogen) atoms. The molecule has 0 heterocycles. The van der Waals surface area contributed by atoms with E-state index in [0.717, 1.165) is 6.26 Å².